The average molecular weight is 344 g/mol. The summed E-state index contributed by atoms with van der Waals surface area (Å²) in [5, 5.41) is 0.846. The molecule has 3 rings (SSSR count). The molecule has 126 valence electrons. The van der Waals surface area contributed by atoms with Crippen LogP contribution in [0.4, 0.5) is 4.39 Å². The van der Waals surface area contributed by atoms with Crippen LogP contribution in [0.3, 0.4) is 0 Å². The molecular weight excluding hydrogens is 321 g/mol. The summed E-state index contributed by atoms with van der Waals surface area (Å²) in [7, 11) is 0. The molecule has 0 spiro atoms. The minimum atomic E-state index is -0.307. The smallest absolute Gasteiger partial charge is 0.151 e. The van der Waals surface area contributed by atoms with Crippen molar-refractivity contribution >= 4 is 22.5 Å². The summed E-state index contributed by atoms with van der Waals surface area (Å²) in [5.74, 6) is -0.123. The number of nitrogens with one attached hydrogen (secondary N) is 1. The van der Waals surface area contributed by atoms with Gasteiger partial charge in [-0.1, -0.05) is 61.7 Å². The topological polar surface area (TPSA) is 15.8 Å². The van der Waals surface area contributed by atoms with Crippen LogP contribution in [-0.4, -0.2) is 4.98 Å². The zero-order valence-corrected chi connectivity index (χ0v) is 15.2. The molecule has 1 heterocycles. The minimum Gasteiger partial charge on any atom is -0.358 e. The predicted octanol–water partition coefficient (Wildman–Crippen LogP) is 6.76. The van der Waals surface area contributed by atoms with Crippen molar-refractivity contribution in [3.63, 3.8) is 0 Å². The van der Waals surface area contributed by atoms with Crippen LogP contribution in [0, 0.1) is 12.7 Å². The van der Waals surface area contributed by atoms with Crippen LogP contribution in [0.25, 0.3) is 10.9 Å². The molecule has 0 aliphatic heterocycles. The molecule has 3 heteroatoms. The third-order valence-corrected chi connectivity index (χ3v) is 5.07. The summed E-state index contributed by atoms with van der Waals surface area (Å²) in [6, 6.07) is 12.0. The van der Waals surface area contributed by atoms with Crippen LogP contribution in [0.1, 0.15) is 55.0 Å². The maximum absolute atomic E-state index is 14.7. The second-order valence-electron chi connectivity index (χ2n) is 6.54. The second-order valence-corrected chi connectivity index (χ2v) is 6.94. The Hall–Kier alpha value is -1.80. The number of unbranched alkanes of at least 4 members (excludes halogenated alkanes) is 1. The van der Waals surface area contributed by atoms with Gasteiger partial charge in [-0.25, -0.2) is 4.39 Å². The van der Waals surface area contributed by atoms with Crippen LogP contribution in [-0.2, 0) is 6.42 Å². The molecule has 1 aromatic heterocycles. The van der Waals surface area contributed by atoms with Gasteiger partial charge in [0.2, 0.25) is 0 Å². The Labute approximate surface area is 147 Å². The summed E-state index contributed by atoms with van der Waals surface area (Å²) in [5.41, 5.74) is 5.48. The number of rotatable bonds is 5. The number of aromatic nitrogens is 1. The fourth-order valence-corrected chi connectivity index (χ4v) is 3.47. The lowest BCUT2D eigenvalue weighted by molar-refractivity contribution is 0.638. The fraction of sp³-hybridized carbons (Fsp3) is 0.333. The Kier molecular flexibility index (Phi) is 4.96. The lowest BCUT2D eigenvalue weighted by atomic mass is 9.92. The van der Waals surface area contributed by atoms with Gasteiger partial charge < -0.3 is 4.98 Å². The highest BCUT2D eigenvalue weighted by Gasteiger charge is 2.21. The van der Waals surface area contributed by atoms with Crippen molar-refractivity contribution in [2.45, 2.75) is 46.0 Å². The van der Waals surface area contributed by atoms with E-state index in [-0.39, 0.29) is 16.8 Å². The van der Waals surface area contributed by atoms with Crippen LogP contribution < -0.4 is 0 Å². The zero-order valence-electron chi connectivity index (χ0n) is 14.4. The molecule has 0 fully saturated rings. The zero-order chi connectivity index (χ0) is 17.3. The SMILES string of the molecule is CCCCc1c(C(C)c2ccc(C)cc2)[nH]c2ccc(Cl)c(F)c12. The lowest BCUT2D eigenvalue weighted by Gasteiger charge is -2.14. The number of halogens is 2. The molecule has 2 aromatic carbocycles. The van der Waals surface area contributed by atoms with Gasteiger partial charge in [0.15, 0.2) is 5.82 Å². The van der Waals surface area contributed by atoms with Gasteiger partial charge in [-0.2, -0.15) is 0 Å². The molecule has 0 amide bonds. The van der Waals surface area contributed by atoms with E-state index in [4.69, 9.17) is 11.6 Å². The summed E-state index contributed by atoms with van der Waals surface area (Å²) < 4.78 is 14.7. The third-order valence-electron chi connectivity index (χ3n) is 4.78. The Balaban J connectivity index is 2.15. The number of aromatic amines is 1. The highest BCUT2D eigenvalue weighted by molar-refractivity contribution is 6.31. The van der Waals surface area contributed by atoms with Crippen molar-refractivity contribution in [1.29, 1.82) is 0 Å². The van der Waals surface area contributed by atoms with Crippen molar-refractivity contribution < 1.29 is 4.39 Å². The molecule has 1 unspecified atom stereocenters. The first-order valence-corrected chi connectivity index (χ1v) is 8.95. The molecule has 0 saturated heterocycles. The van der Waals surface area contributed by atoms with Crippen molar-refractivity contribution in [3.05, 3.63) is 69.6 Å². The van der Waals surface area contributed by atoms with Gasteiger partial charge in [-0.3, -0.25) is 0 Å². The van der Waals surface area contributed by atoms with Gasteiger partial charge >= 0.3 is 0 Å². The van der Waals surface area contributed by atoms with Gasteiger partial charge in [-0.15, -0.1) is 0 Å². The molecule has 0 saturated carbocycles. The first-order valence-electron chi connectivity index (χ1n) is 8.58. The van der Waals surface area contributed by atoms with E-state index in [9.17, 15) is 4.39 Å². The fourth-order valence-electron chi connectivity index (χ4n) is 3.31. The number of hydrogen-bond donors (Lipinski definition) is 1. The van der Waals surface area contributed by atoms with Gasteiger partial charge in [0.05, 0.1) is 5.02 Å². The van der Waals surface area contributed by atoms with Crippen LogP contribution in [0.2, 0.25) is 5.02 Å². The number of H-pyrrole nitrogens is 1. The predicted molar refractivity (Wildman–Crippen MR) is 101 cm³/mol. The largest absolute Gasteiger partial charge is 0.358 e. The molecule has 0 bridgehead atoms. The average Bonchev–Trinajstić information content (AvgIpc) is 2.95. The van der Waals surface area contributed by atoms with Crippen molar-refractivity contribution in [2.75, 3.05) is 0 Å². The quantitative estimate of drug-likeness (QED) is 0.526. The molecule has 1 nitrogen and oxygen atoms in total. The summed E-state index contributed by atoms with van der Waals surface area (Å²) in [6.45, 7) is 6.41. The van der Waals surface area contributed by atoms with E-state index >= 15 is 0 Å². The normalized spacial score (nSPS) is 12.7. The van der Waals surface area contributed by atoms with Crippen molar-refractivity contribution in [1.82, 2.24) is 4.98 Å². The van der Waals surface area contributed by atoms with Crippen molar-refractivity contribution in [3.8, 4) is 0 Å². The summed E-state index contributed by atoms with van der Waals surface area (Å²) in [6.07, 6.45) is 2.97. The van der Waals surface area contributed by atoms with Gasteiger partial charge in [-0.05, 0) is 43.0 Å². The van der Waals surface area contributed by atoms with E-state index in [1.54, 1.807) is 6.07 Å². The Morgan fingerprint density at radius 2 is 1.83 bits per heavy atom. The number of hydrogen-bond acceptors (Lipinski definition) is 0. The van der Waals surface area contributed by atoms with Crippen LogP contribution in [0.15, 0.2) is 36.4 Å². The van der Waals surface area contributed by atoms with Gasteiger partial charge in [0, 0.05) is 22.5 Å². The molecule has 1 N–H and O–H groups in total. The standard InChI is InChI=1S/C21H23ClFN/c1-4-5-6-16-19-18(12-11-17(22)20(19)23)24-21(16)14(3)15-9-7-13(2)8-10-15/h7-12,14,24H,4-6H2,1-3H3. The third kappa shape index (κ3) is 3.08. The maximum Gasteiger partial charge on any atom is 0.151 e. The second kappa shape index (κ2) is 6.98. The lowest BCUT2D eigenvalue weighted by Crippen LogP contribution is -2.01. The van der Waals surface area contributed by atoms with E-state index in [1.165, 1.54) is 11.1 Å². The van der Waals surface area contributed by atoms with Crippen molar-refractivity contribution in [2.24, 2.45) is 0 Å². The van der Waals surface area contributed by atoms with E-state index in [1.807, 2.05) is 6.07 Å². The Bertz CT molecular complexity index is 848. The van der Waals surface area contributed by atoms with Gasteiger partial charge in [0.25, 0.3) is 0 Å². The first kappa shape index (κ1) is 17.0. The Morgan fingerprint density at radius 3 is 2.50 bits per heavy atom. The molecule has 1 atom stereocenters. The maximum atomic E-state index is 14.7. The van der Waals surface area contributed by atoms with Crippen LogP contribution in [0.5, 0.6) is 0 Å². The molecule has 0 aliphatic rings. The van der Waals surface area contributed by atoms with E-state index < -0.39 is 0 Å². The highest BCUT2D eigenvalue weighted by atomic mass is 35.5. The number of fused-ring (bicyclic) bond motifs is 1. The highest BCUT2D eigenvalue weighted by Crippen LogP contribution is 2.36. The molecular formula is C21H23ClFN. The minimum absolute atomic E-state index is 0.183. The van der Waals surface area contributed by atoms with E-state index in [0.717, 1.165) is 36.0 Å². The molecule has 24 heavy (non-hydrogen) atoms. The van der Waals surface area contributed by atoms with Gasteiger partial charge in [0.1, 0.15) is 0 Å². The molecule has 0 radical (unpaired) electrons. The Morgan fingerprint density at radius 1 is 1.12 bits per heavy atom. The molecule has 0 aliphatic carbocycles. The van der Waals surface area contributed by atoms with E-state index in [0.29, 0.717) is 5.39 Å². The number of benzene rings is 2. The monoisotopic (exact) mass is 343 g/mol. The molecule has 3 aromatic rings. The first-order chi connectivity index (χ1) is 11.5. The summed E-state index contributed by atoms with van der Waals surface area (Å²) >= 11 is 6.03. The number of aryl methyl sites for hydroxylation is 2. The van der Waals surface area contributed by atoms with E-state index in [2.05, 4.69) is 50.0 Å². The van der Waals surface area contributed by atoms with Crippen LogP contribution >= 0.6 is 11.6 Å². The summed E-state index contributed by atoms with van der Waals surface area (Å²) in [4.78, 5) is 3.46.